The van der Waals surface area contributed by atoms with Crippen LogP contribution < -0.4 is 10.1 Å². The number of halogens is 2. The lowest BCUT2D eigenvalue weighted by molar-refractivity contribution is -0.0504. The van der Waals surface area contributed by atoms with Gasteiger partial charge in [-0.15, -0.1) is 5.10 Å². The second-order valence-electron chi connectivity index (χ2n) is 4.18. The van der Waals surface area contributed by atoms with E-state index in [-0.39, 0.29) is 5.75 Å². The molecule has 0 fully saturated rings. The molecule has 1 N–H and O–H groups in total. The van der Waals surface area contributed by atoms with Gasteiger partial charge >= 0.3 is 6.61 Å². The van der Waals surface area contributed by atoms with Gasteiger partial charge in [0, 0.05) is 24.8 Å². The highest BCUT2D eigenvalue weighted by Gasteiger charge is 2.08. The average Bonchev–Trinajstić information content (AvgIpc) is 2.93. The van der Waals surface area contributed by atoms with E-state index in [1.807, 2.05) is 0 Å². The molecular weight excluding hydrogens is 266 g/mol. The van der Waals surface area contributed by atoms with Crippen LogP contribution in [0.2, 0.25) is 0 Å². The van der Waals surface area contributed by atoms with E-state index >= 15 is 0 Å². The van der Waals surface area contributed by atoms with Crippen LogP contribution in [0.5, 0.6) is 5.75 Å². The Morgan fingerprint density at radius 3 is 2.90 bits per heavy atom. The van der Waals surface area contributed by atoms with Gasteiger partial charge in [-0.25, -0.2) is 0 Å². The van der Waals surface area contributed by atoms with Crippen LogP contribution >= 0.6 is 0 Å². The summed E-state index contributed by atoms with van der Waals surface area (Å²) in [5.41, 5.74) is 0.716. The van der Waals surface area contributed by atoms with E-state index in [9.17, 15) is 8.78 Å². The fraction of sp³-hybridized carbons (Fsp3) is 0.385. The Morgan fingerprint density at radius 1 is 1.30 bits per heavy atom. The van der Waals surface area contributed by atoms with Crippen LogP contribution in [0.3, 0.4) is 0 Å². The Morgan fingerprint density at radius 2 is 2.15 bits per heavy atom. The molecule has 0 spiro atoms. The standard InChI is InChI=1S/C13H16F2N4O/c14-13(15)20-12-5-2-1-4-11(12)10-16-6-3-8-19-9-7-17-18-19/h1-2,4-5,7,9,13,16H,3,6,8,10H2. The number of ether oxygens (including phenoxy) is 1. The van der Waals surface area contributed by atoms with Gasteiger partial charge in [0.2, 0.25) is 0 Å². The lowest BCUT2D eigenvalue weighted by Gasteiger charge is -2.11. The molecule has 0 radical (unpaired) electrons. The summed E-state index contributed by atoms with van der Waals surface area (Å²) in [5, 5.41) is 10.8. The molecule has 1 heterocycles. The maximum Gasteiger partial charge on any atom is 0.387 e. The van der Waals surface area contributed by atoms with Gasteiger partial charge < -0.3 is 10.1 Å². The minimum atomic E-state index is -2.80. The zero-order chi connectivity index (χ0) is 14.2. The Labute approximate surface area is 115 Å². The second-order valence-corrected chi connectivity index (χ2v) is 4.18. The number of aromatic nitrogens is 3. The second kappa shape index (κ2) is 7.54. The largest absolute Gasteiger partial charge is 0.434 e. The first kappa shape index (κ1) is 14.4. The van der Waals surface area contributed by atoms with Crippen LogP contribution in [-0.4, -0.2) is 28.2 Å². The number of alkyl halides is 2. The van der Waals surface area contributed by atoms with Crippen molar-refractivity contribution in [2.45, 2.75) is 26.1 Å². The fourth-order valence-corrected chi connectivity index (χ4v) is 1.80. The van der Waals surface area contributed by atoms with Crippen LogP contribution in [0.15, 0.2) is 36.7 Å². The molecule has 7 heteroatoms. The minimum absolute atomic E-state index is 0.214. The molecule has 0 atom stereocenters. The van der Waals surface area contributed by atoms with Crippen LogP contribution in [0.1, 0.15) is 12.0 Å². The molecule has 1 aromatic carbocycles. The number of para-hydroxylation sites is 1. The summed E-state index contributed by atoms with van der Waals surface area (Å²) >= 11 is 0. The third-order valence-electron chi connectivity index (χ3n) is 2.72. The van der Waals surface area contributed by atoms with Gasteiger partial charge in [-0.1, -0.05) is 23.4 Å². The Kier molecular flexibility index (Phi) is 5.43. The predicted molar refractivity (Wildman–Crippen MR) is 69.4 cm³/mol. The molecule has 0 saturated heterocycles. The summed E-state index contributed by atoms with van der Waals surface area (Å²) in [6.07, 6.45) is 4.30. The van der Waals surface area contributed by atoms with Crippen LogP contribution in [0, 0.1) is 0 Å². The third-order valence-corrected chi connectivity index (χ3v) is 2.72. The molecule has 0 aliphatic carbocycles. The summed E-state index contributed by atoms with van der Waals surface area (Å²) in [6.45, 7) is -0.797. The van der Waals surface area contributed by atoms with Crippen molar-refractivity contribution in [3.8, 4) is 5.75 Å². The maximum atomic E-state index is 12.2. The first-order chi connectivity index (χ1) is 9.75. The SMILES string of the molecule is FC(F)Oc1ccccc1CNCCCn1ccnn1. The van der Waals surface area contributed by atoms with Crippen molar-refractivity contribution in [3.63, 3.8) is 0 Å². The summed E-state index contributed by atoms with van der Waals surface area (Å²) in [6, 6.07) is 6.78. The molecule has 5 nitrogen and oxygen atoms in total. The van der Waals surface area contributed by atoms with Crippen molar-refractivity contribution in [3.05, 3.63) is 42.2 Å². The summed E-state index contributed by atoms with van der Waals surface area (Å²) in [4.78, 5) is 0. The van der Waals surface area contributed by atoms with Crippen molar-refractivity contribution < 1.29 is 13.5 Å². The molecule has 0 amide bonds. The molecule has 0 aliphatic rings. The zero-order valence-electron chi connectivity index (χ0n) is 10.9. The third kappa shape index (κ3) is 4.58. The minimum Gasteiger partial charge on any atom is -0.434 e. The van der Waals surface area contributed by atoms with Gasteiger partial charge in [-0.3, -0.25) is 4.68 Å². The van der Waals surface area contributed by atoms with E-state index in [0.29, 0.717) is 12.1 Å². The molecule has 108 valence electrons. The molecular formula is C13H16F2N4O. The average molecular weight is 282 g/mol. The van der Waals surface area contributed by atoms with Crippen molar-refractivity contribution >= 4 is 0 Å². The van der Waals surface area contributed by atoms with E-state index in [4.69, 9.17) is 0 Å². The maximum absolute atomic E-state index is 12.2. The van der Waals surface area contributed by atoms with E-state index in [1.165, 1.54) is 0 Å². The van der Waals surface area contributed by atoms with Crippen molar-refractivity contribution in [1.29, 1.82) is 0 Å². The quantitative estimate of drug-likeness (QED) is 0.753. The molecule has 20 heavy (non-hydrogen) atoms. The smallest absolute Gasteiger partial charge is 0.387 e. The van der Waals surface area contributed by atoms with Crippen molar-refractivity contribution in [1.82, 2.24) is 20.3 Å². The topological polar surface area (TPSA) is 52.0 Å². The van der Waals surface area contributed by atoms with Gasteiger partial charge in [-0.05, 0) is 19.0 Å². The summed E-state index contributed by atoms with van der Waals surface area (Å²) in [7, 11) is 0. The van der Waals surface area contributed by atoms with Crippen molar-refractivity contribution in [2.75, 3.05) is 6.54 Å². The van der Waals surface area contributed by atoms with Gasteiger partial charge in [0.1, 0.15) is 5.75 Å². The fourth-order valence-electron chi connectivity index (χ4n) is 1.80. The molecule has 1 aromatic heterocycles. The number of nitrogens with one attached hydrogen (secondary N) is 1. The lowest BCUT2D eigenvalue weighted by Crippen LogP contribution is -2.17. The summed E-state index contributed by atoms with van der Waals surface area (Å²) in [5.74, 6) is 0.214. The monoisotopic (exact) mass is 282 g/mol. The number of nitrogens with zero attached hydrogens (tertiary/aromatic N) is 3. The molecule has 0 unspecified atom stereocenters. The molecule has 0 aliphatic heterocycles. The van der Waals surface area contributed by atoms with E-state index < -0.39 is 6.61 Å². The first-order valence-corrected chi connectivity index (χ1v) is 6.33. The highest BCUT2D eigenvalue weighted by molar-refractivity contribution is 5.33. The molecule has 2 aromatic rings. The van der Waals surface area contributed by atoms with E-state index in [2.05, 4.69) is 20.4 Å². The molecule has 0 saturated carbocycles. The Bertz CT molecular complexity index is 505. The van der Waals surface area contributed by atoms with E-state index in [1.54, 1.807) is 41.3 Å². The number of aryl methyl sites for hydroxylation is 1. The van der Waals surface area contributed by atoms with Gasteiger partial charge in [0.05, 0.1) is 6.20 Å². The molecule has 0 bridgehead atoms. The Balaban J connectivity index is 1.73. The number of hydrogen-bond donors (Lipinski definition) is 1. The van der Waals surface area contributed by atoms with Gasteiger partial charge in [0.25, 0.3) is 0 Å². The van der Waals surface area contributed by atoms with Gasteiger partial charge in [0.15, 0.2) is 0 Å². The number of hydrogen-bond acceptors (Lipinski definition) is 4. The Hall–Kier alpha value is -2.02. The van der Waals surface area contributed by atoms with Crippen LogP contribution in [-0.2, 0) is 13.1 Å². The normalized spacial score (nSPS) is 10.9. The van der Waals surface area contributed by atoms with Crippen molar-refractivity contribution in [2.24, 2.45) is 0 Å². The predicted octanol–water partition coefficient (Wildman–Crippen LogP) is 2.06. The molecule has 2 rings (SSSR count). The summed E-state index contributed by atoms with van der Waals surface area (Å²) < 4.78 is 30.7. The van der Waals surface area contributed by atoms with Gasteiger partial charge in [-0.2, -0.15) is 8.78 Å². The van der Waals surface area contributed by atoms with Crippen LogP contribution in [0.4, 0.5) is 8.78 Å². The van der Waals surface area contributed by atoms with Crippen LogP contribution in [0.25, 0.3) is 0 Å². The first-order valence-electron chi connectivity index (χ1n) is 6.33. The zero-order valence-corrected chi connectivity index (χ0v) is 10.9. The highest BCUT2D eigenvalue weighted by Crippen LogP contribution is 2.19. The van der Waals surface area contributed by atoms with E-state index in [0.717, 1.165) is 19.5 Å². The highest BCUT2D eigenvalue weighted by atomic mass is 19.3. The number of rotatable bonds is 8. The number of benzene rings is 1. The lowest BCUT2D eigenvalue weighted by atomic mass is 10.2.